The summed E-state index contributed by atoms with van der Waals surface area (Å²) in [5.74, 6) is 2.43. The summed E-state index contributed by atoms with van der Waals surface area (Å²) in [5, 5.41) is 4.17. The first-order chi connectivity index (χ1) is 9.62. The highest BCUT2D eigenvalue weighted by Gasteiger charge is 2.38. The van der Waals surface area contributed by atoms with E-state index in [4.69, 9.17) is 15.0 Å². The van der Waals surface area contributed by atoms with Crippen molar-refractivity contribution in [1.29, 1.82) is 0 Å². The average Bonchev–Trinajstić information content (AvgIpc) is 3.08. The molecular formula is C15H25N3O2. The quantitative estimate of drug-likeness (QED) is 0.920. The Morgan fingerprint density at radius 2 is 2.05 bits per heavy atom. The molecule has 20 heavy (non-hydrogen) atoms. The van der Waals surface area contributed by atoms with Crippen LogP contribution in [0.5, 0.6) is 0 Å². The van der Waals surface area contributed by atoms with Gasteiger partial charge in [-0.1, -0.05) is 18.5 Å². The Morgan fingerprint density at radius 3 is 2.65 bits per heavy atom. The number of nitrogens with zero attached hydrogens (tertiary/aromatic N) is 2. The van der Waals surface area contributed by atoms with Gasteiger partial charge in [0.1, 0.15) is 0 Å². The summed E-state index contributed by atoms with van der Waals surface area (Å²) < 4.78 is 11.0. The molecule has 0 amide bonds. The van der Waals surface area contributed by atoms with E-state index in [2.05, 4.69) is 24.0 Å². The molecule has 1 saturated heterocycles. The second-order valence-electron chi connectivity index (χ2n) is 6.44. The molecule has 5 nitrogen and oxygen atoms in total. The largest absolute Gasteiger partial charge is 0.378 e. The molecular weight excluding hydrogens is 254 g/mol. The highest BCUT2D eigenvalue weighted by molar-refractivity contribution is 5.08. The molecule has 2 N–H and O–H groups in total. The molecule has 2 aliphatic rings. The number of rotatable bonds is 3. The van der Waals surface area contributed by atoms with Gasteiger partial charge in [-0.15, -0.1) is 0 Å². The van der Waals surface area contributed by atoms with Crippen LogP contribution in [0.15, 0.2) is 4.52 Å². The van der Waals surface area contributed by atoms with Crippen LogP contribution in [-0.4, -0.2) is 22.9 Å². The van der Waals surface area contributed by atoms with Crippen molar-refractivity contribution in [3.05, 3.63) is 11.7 Å². The van der Waals surface area contributed by atoms with Crippen LogP contribution < -0.4 is 5.73 Å². The van der Waals surface area contributed by atoms with Gasteiger partial charge in [0.2, 0.25) is 5.89 Å². The van der Waals surface area contributed by atoms with Crippen LogP contribution in [0.3, 0.4) is 0 Å². The van der Waals surface area contributed by atoms with Crippen LogP contribution >= 0.6 is 0 Å². The Hall–Kier alpha value is -0.940. The zero-order valence-corrected chi connectivity index (χ0v) is 12.5. The SMILES string of the molecule is CCC1CCC(N)(c2noc(C3CCOC3C)n2)CC1. The third-order valence-electron chi connectivity index (χ3n) is 5.16. The van der Waals surface area contributed by atoms with Crippen molar-refractivity contribution in [1.82, 2.24) is 10.1 Å². The summed E-state index contributed by atoms with van der Waals surface area (Å²) in [7, 11) is 0. The van der Waals surface area contributed by atoms with Crippen molar-refractivity contribution in [3.8, 4) is 0 Å². The van der Waals surface area contributed by atoms with Crippen molar-refractivity contribution < 1.29 is 9.26 Å². The first-order valence-corrected chi connectivity index (χ1v) is 7.87. The number of aromatic nitrogens is 2. The molecule has 1 aliphatic heterocycles. The third kappa shape index (κ3) is 2.49. The topological polar surface area (TPSA) is 74.2 Å². The monoisotopic (exact) mass is 279 g/mol. The van der Waals surface area contributed by atoms with Gasteiger partial charge in [-0.2, -0.15) is 4.98 Å². The number of hydrogen-bond acceptors (Lipinski definition) is 5. The molecule has 0 radical (unpaired) electrons. The van der Waals surface area contributed by atoms with Crippen LogP contribution in [0.2, 0.25) is 0 Å². The molecule has 2 fully saturated rings. The van der Waals surface area contributed by atoms with E-state index in [1.165, 1.54) is 19.3 Å². The van der Waals surface area contributed by atoms with E-state index in [1.807, 2.05) is 0 Å². The van der Waals surface area contributed by atoms with Gasteiger partial charge in [0, 0.05) is 6.61 Å². The molecule has 0 bridgehead atoms. The molecule has 1 aromatic heterocycles. The van der Waals surface area contributed by atoms with Crippen LogP contribution in [0.4, 0.5) is 0 Å². The second kappa shape index (κ2) is 5.45. The molecule has 3 rings (SSSR count). The smallest absolute Gasteiger partial charge is 0.232 e. The molecule has 112 valence electrons. The highest BCUT2D eigenvalue weighted by Crippen LogP contribution is 2.38. The Morgan fingerprint density at radius 1 is 1.30 bits per heavy atom. The zero-order chi connectivity index (χ0) is 14.2. The minimum absolute atomic E-state index is 0.160. The van der Waals surface area contributed by atoms with E-state index >= 15 is 0 Å². The lowest BCUT2D eigenvalue weighted by atomic mass is 9.76. The zero-order valence-electron chi connectivity index (χ0n) is 12.5. The summed E-state index contributed by atoms with van der Waals surface area (Å²) >= 11 is 0. The van der Waals surface area contributed by atoms with Crippen LogP contribution in [0.1, 0.15) is 70.0 Å². The first-order valence-electron chi connectivity index (χ1n) is 7.87. The van der Waals surface area contributed by atoms with Crippen LogP contribution in [-0.2, 0) is 10.3 Å². The maximum atomic E-state index is 6.53. The Kier molecular flexibility index (Phi) is 3.82. The van der Waals surface area contributed by atoms with Crippen LogP contribution in [0.25, 0.3) is 0 Å². The van der Waals surface area contributed by atoms with E-state index in [0.717, 1.165) is 31.8 Å². The molecule has 2 atom stereocenters. The van der Waals surface area contributed by atoms with Gasteiger partial charge >= 0.3 is 0 Å². The van der Waals surface area contributed by atoms with E-state index in [1.54, 1.807) is 0 Å². The maximum absolute atomic E-state index is 6.53. The van der Waals surface area contributed by atoms with E-state index < -0.39 is 5.54 Å². The normalized spacial score (nSPS) is 38.2. The fourth-order valence-electron chi connectivity index (χ4n) is 3.47. The summed E-state index contributed by atoms with van der Waals surface area (Å²) in [4.78, 5) is 4.61. The third-order valence-corrected chi connectivity index (χ3v) is 5.16. The van der Waals surface area contributed by atoms with Gasteiger partial charge < -0.3 is 15.0 Å². The standard InChI is InChI=1S/C15H25N3O2/c1-3-11-4-7-15(16,8-5-11)14-17-13(20-18-14)12-6-9-19-10(12)2/h10-12H,3-9,16H2,1-2H3. The lowest BCUT2D eigenvalue weighted by molar-refractivity contribution is 0.113. The lowest BCUT2D eigenvalue weighted by Gasteiger charge is -2.34. The predicted octanol–water partition coefficient (Wildman–Crippen LogP) is 2.72. The van der Waals surface area contributed by atoms with Crippen molar-refractivity contribution in [2.75, 3.05) is 6.61 Å². The Bertz CT molecular complexity index is 452. The summed E-state index contributed by atoms with van der Waals surface area (Å²) in [6.45, 7) is 5.09. The van der Waals surface area contributed by atoms with E-state index in [0.29, 0.717) is 11.7 Å². The van der Waals surface area contributed by atoms with Crippen molar-refractivity contribution in [2.24, 2.45) is 11.7 Å². The Labute approximate surface area is 120 Å². The molecule has 1 aromatic rings. The molecule has 0 aromatic carbocycles. The molecule has 0 spiro atoms. The summed E-state index contributed by atoms with van der Waals surface area (Å²) in [5.41, 5.74) is 6.13. The lowest BCUT2D eigenvalue weighted by Crippen LogP contribution is -2.41. The van der Waals surface area contributed by atoms with Gasteiger partial charge in [0.15, 0.2) is 5.82 Å². The number of ether oxygens (including phenoxy) is 1. The minimum Gasteiger partial charge on any atom is -0.378 e. The fourth-order valence-corrected chi connectivity index (χ4v) is 3.47. The predicted molar refractivity (Wildman–Crippen MR) is 75.2 cm³/mol. The Balaban J connectivity index is 1.73. The van der Waals surface area contributed by atoms with E-state index in [-0.39, 0.29) is 12.0 Å². The molecule has 1 saturated carbocycles. The maximum Gasteiger partial charge on any atom is 0.232 e. The molecule has 2 heterocycles. The van der Waals surface area contributed by atoms with Crippen molar-refractivity contribution >= 4 is 0 Å². The van der Waals surface area contributed by atoms with Crippen LogP contribution in [0, 0.1) is 5.92 Å². The average molecular weight is 279 g/mol. The van der Waals surface area contributed by atoms with Gasteiger partial charge in [0.05, 0.1) is 17.6 Å². The second-order valence-corrected chi connectivity index (χ2v) is 6.44. The summed E-state index contributed by atoms with van der Waals surface area (Å²) in [6.07, 6.45) is 6.61. The number of hydrogen-bond donors (Lipinski definition) is 1. The van der Waals surface area contributed by atoms with Gasteiger partial charge in [-0.3, -0.25) is 0 Å². The minimum atomic E-state index is -0.393. The molecule has 5 heteroatoms. The van der Waals surface area contributed by atoms with Crippen molar-refractivity contribution in [2.45, 2.75) is 69.9 Å². The molecule has 1 aliphatic carbocycles. The van der Waals surface area contributed by atoms with Gasteiger partial charge in [-0.05, 0) is 44.9 Å². The first kappa shape index (κ1) is 14.0. The van der Waals surface area contributed by atoms with Gasteiger partial charge in [-0.25, -0.2) is 0 Å². The fraction of sp³-hybridized carbons (Fsp3) is 0.867. The molecule has 2 unspecified atom stereocenters. The van der Waals surface area contributed by atoms with Crippen molar-refractivity contribution in [3.63, 3.8) is 0 Å². The summed E-state index contributed by atoms with van der Waals surface area (Å²) in [6, 6.07) is 0. The number of nitrogens with two attached hydrogens (primary N) is 1. The highest BCUT2D eigenvalue weighted by atomic mass is 16.5. The van der Waals surface area contributed by atoms with Gasteiger partial charge in [0.25, 0.3) is 0 Å². The van der Waals surface area contributed by atoms with E-state index in [9.17, 15) is 0 Å².